The number of unbranched alkanes of at least 4 members (excludes halogenated alkanes) is 2. The van der Waals surface area contributed by atoms with Gasteiger partial charge in [0.15, 0.2) is 8.32 Å². The van der Waals surface area contributed by atoms with Crippen LogP contribution in [0.25, 0.3) is 0 Å². The van der Waals surface area contributed by atoms with E-state index in [1.807, 2.05) is 13.1 Å². The van der Waals surface area contributed by atoms with E-state index in [4.69, 9.17) is 4.43 Å². The van der Waals surface area contributed by atoms with E-state index < -0.39 is 29.7 Å². The highest BCUT2D eigenvalue weighted by Gasteiger charge is 2.45. The first-order valence-electron chi connectivity index (χ1n) is 6.03. The molecule has 20 heavy (non-hydrogen) atoms. The zero-order valence-corrected chi connectivity index (χ0v) is 13.5. The Morgan fingerprint density at radius 3 is 2.25 bits per heavy atom. The van der Waals surface area contributed by atoms with Crippen LogP contribution < -0.4 is 5.11 Å². The lowest BCUT2D eigenvalue weighted by Gasteiger charge is -2.19. The van der Waals surface area contributed by atoms with Crippen LogP contribution >= 0.6 is 0 Å². The number of rotatable bonds is 8. The second-order valence-electron chi connectivity index (χ2n) is 4.93. The van der Waals surface area contributed by atoms with Gasteiger partial charge in [-0.3, -0.25) is 0 Å². The molecule has 0 heterocycles. The maximum absolute atomic E-state index is 12.0. The Morgan fingerprint density at radius 1 is 1.25 bits per heavy atom. The third kappa shape index (κ3) is 7.24. The van der Waals surface area contributed by atoms with Gasteiger partial charge >= 0.3 is 15.5 Å². The molecule has 0 bridgehead atoms. The van der Waals surface area contributed by atoms with Crippen LogP contribution in [0, 0.1) is 0 Å². The molecule has 0 N–H and O–H groups in total. The third-order valence-electron chi connectivity index (χ3n) is 2.74. The molecule has 0 spiro atoms. The molecule has 0 aliphatic heterocycles. The quantitative estimate of drug-likeness (QED) is 0.294. The SMILES string of the molecule is CO[Si](C)(C)CCCCC/C([O-])=N\S(=O)(=O)C(F)(F)F. The van der Waals surface area contributed by atoms with Crippen LogP contribution in [-0.4, -0.2) is 35.3 Å². The minimum Gasteiger partial charge on any atom is -0.861 e. The van der Waals surface area contributed by atoms with Gasteiger partial charge < -0.3 is 9.53 Å². The predicted octanol–water partition coefficient (Wildman–Crippen LogP) is 2.01. The molecular formula is C10H19F3NO4SSi-. The summed E-state index contributed by atoms with van der Waals surface area (Å²) in [6.07, 6.45) is 1.41. The summed E-state index contributed by atoms with van der Waals surface area (Å²) in [5.41, 5.74) is -5.52. The number of hydrogen-bond acceptors (Lipinski definition) is 4. The summed E-state index contributed by atoms with van der Waals surface area (Å²) in [5.74, 6) is -1.26. The highest BCUT2D eigenvalue weighted by Crippen LogP contribution is 2.24. The molecule has 0 aromatic rings. The molecule has 0 unspecified atom stereocenters. The highest BCUT2D eigenvalue weighted by molar-refractivity contribution is 7.91. The average molecular weight is 334 g/mol. The monoisotopic (exact) mass is 334 g/mol. The minimum atomic E-state index is -5.70. The largest absolute Gasteiger partial charge is 0.861 e. The molecule has 0 saturated carbocycles. The van der Waals surface area contributed by atoms with Crippen molar-refractivity contribution >= 4 is 24.2 Å². The normalized spacial score (nSPS) is 14.6. The fourth-order valence-electron chi connectivity index (χ4n) is 1.34. The zero-order chi connectivity index (χ0) is 16.0. The number of hydrogen-bond donors (Lipinski definition) is 0. The van der Waals surface area contributed by atoms with Crippen LogP contribution in [0.1, 0.15) is 25.7 Å². The summed E-state index contributed by atoms with van der Waals surface area (Å²) in [6, 6.07) is 0.871. The Kier molecular flexibility index (Phi) is 7.18. The first kappa shape index (κ1) is 19.4. The number of sulfonamides is 1. The second-order valence-corrected chi connectivity index (χ2v) is 11.0. The van der Waals surface area contributed by atoms with E-state index in [1.165, 1.54) is 0 Å². The molecule has 0 fully saturated rings. The van der Waals surface area contributed by atoms with E-state index in [1.54, 1.807) is 7.11 Å². The number of alkyl halides is 3. The second kappa shape index (κ2) is 7.41. The zero-order valence-electron chi connectivity index (χ0n) is 11.7. The minimum absolute atomic E-state index is 0.301. The van der Waals surface area contributed by atoms with Crippen LogP contribution in [0.15, 0.2) is 4.40 Å². The Morgan fingerprint density at radius 2 is 1.80 bits per heavy atom. The molecule has 120 valence electrons. The van der Waals surface area contributed by atoms with Crippen molar-refractivity contribution in [3.8, 4) is 0 Å². The van der Waals surface area contributed by atoms with Crippen LogP contribution in [0.2, 0.25) is 19.1 Å². The van der Waals surface area contributed by atoms with Gasteiger partial charge in [-0.05, 0) is 37.9 Å². The number of nitrogens with zero attached hydrogens (tertiary/aromatic N) is 1. The van der Waals surface area contributed by atoms with Gasteiger partial charge in [-0.1, -0.05) is 12.8 Å². The standard InChI is InChI=1S/C10H20F3NO4SSi/c1-18-20(2,3)8-6-4-5-7-9(15)14-19(16,17)10(11,12)13/h4-8H2,1-3H3,(H,14,15)/p-1. The van der Waals surface area contributed by atoms with E-state index in [9.17, 15) is 26.7 Å². The molecule has 0 aliphatic rings. The van der Waals surface area contributed by atoms with E-state index >= 15 is 0 Å². The highest BCUT2D eigenvalue weighted by atomic mass is 32.2. The van der Waals surface area contributed by atoms with Gasteiger partial charge in [0.1, 0.15) is 0 Å². The average Bonchev–Trinajstić information content (AvgIpc) is 2.26. The summed E-state index contributed by atoms with van der Waals surface area (Å²) < 4.78 is 64.6. The Balaban J connectivity index is 4.17. The first-order chi connectivity index (χ1) is 8.91. The van der Waals surface area contributed by atoms with Crippen molar-refractivity contribution in [2.45, 2.75) is 50.3 Å². The summed E-state index contributed by atoms with van der Waals surface area (Å²) >= 11 is 0. The lowest BCUT2D eigenvalue weighted by molar-refractivity contribution is -0.218. The molecular weight excluding hydrogens is 315 g/mol. The van der Waals surface area contributed by atoms with Gasteiger partial charge in [-0.25, -0.2) is 0 Å². The van der Waals surface area contributed by atoms with Gasteiger partial charge in [0.05, 0.1) is 0 Å². The van der Waals surface area contributed by atoms with E-state index in [0.717, 1.165) is 12.5 Å². The Bertz CT molecular complexity index is 434. The summed E-state index contributed by atoms with van der Waals surface area (Å²) in [6.45, 7) is 4.06. The van der Waals surface area contributed by atoms with Crippen molar-refractivity contribution in [2.24, 2.45) is 4.40 Å². The van der Waals surface area contributed by atoms with E-state index in [2.05, 4.69) is 4.40 Å². The fourth-order valence-corrected chi connectivity index (χ4v) is 3.11. The molecule has 5 nitrogen and oxygen atoms in total. The van der Waals surface area contributed by atoms with E-state index in [0.29, 0.717) is 12.8 Å². The van der Waals surface area contributed by atoms with Gasteiger partial charge in [0.25, 0.3) is 0 Å². The van der Waals surface area contributed by atoms with Gasteiger partial charge in [-0.15, -0.1) is 0 Å². The van der Waals surface area contributed by atoms with Crippen molar-refractivity contribution in [1.82, 2.24) is 0 Å². The summed E-state index contributed by atoms with van der Waals surface area (Å²) in [4.78, 5) is 0. The van der Waals surface area contributed by atoms with Crippen LogP contribution in [0.3, 0.4) is 0 Å². The van der Waals surface area contributed by atoms with Gasteiger partial charge in [0.2, 0.25) is 0 Å². The third-order valence-corrected chi connectivity index (χ3v) is 6.43. The molecule has 0 atom stereocenters. The predicted molar refractivity (Wildman–Crippen MR) is 70.2 cm³/mol. The van der Waals surface area contributed by atoms with Crippen LogP contribution in [0.4, 0.5) is 13.2 Å². The molecule has 0 rings (SSSR count). The molecule has 0 amide bonds. The van der Waals surface area contributed by atoms with Crippen LogP contribution in [0.5, 0.6) is 0 Å². The number of halogens is 3. The van der Waals surface area contributed by atoms with Crippen molar-refractivity contribution in [3.05, 3.63) is 0 Å². The molecule has 10 heteroatoms. The smallest absolute Gasteiger partial charge is 0.518 e. The fraction of sp³-hybridized carbons (Fsp3) is 0.900. The van der Waals surface area contributed by atoms with Crippen molar-refractivity contribution in [3.63, 3.8) is 0 Å². The lowest BCUT2D eigenvalue weighted by Crippen LogP contribution is -2.28. The first-order valence-corrected chi connectivity index (χ1v) is 10.6. The molecule has 0 saturated heterocycles. The maximum atomic E-state index is 12.0. The molecule has 0 radical (unpaired) electrons. The lowest BCUT2D eigenvalue weighted by atomic mass is 10.2. The van der Waals surface area contributed by atoms with Crippen molar-refractivity contribution in [2.75, 3.05) is 7.11 Å². The molecule has 0 aromatic heterocycles. The topological polar surface area (TPSA) is 78.8 Å². The van der Waals surface area contributed by atoms with Crippen molar-refractivity contribution in [1.29, 1.82) is 0 Å². The van der Waals surface area contributed by atoms with Gasteiger partial charge in [-0.2, -0.15) is 26.0 Å². The molecule has 0 aromatic carbocycles. The Labute approximate surface area is 118 Å². The summed E-state index contributed by atoms with van der Waals surface area (Å²) in [5, 5.41) is 11.1. The van der Waals surface area contributed by atoms with Crippen molar-refractivity contribution < 1.29 is 31.1 Å². The molecule has 0 aliphatic carbocycles. The Hall–Kier alpha value is -0.613. The van der Waals surface area contributed by atoms with Crippen LogP contribution in [-0.2, 0) is 14.4 Å². The van der Waals surface area contributed by atoms with E-state index in [-0.39, 0.29) is 6.42 Å². The summed E-state index contributed by atoms with van der Waals surface area (Å²) in [7, 11) is -5.74. The van der Waals surface area contributed by atoms with Gasteiger partial charge in [0, 0.05) is 7.11 Å². The maximum Gasteiger partial charge on any atom is 0.518 e.